The van der Waals surface area contributed by atoms with Crippen molar-refractivity contribution in [2.75, 3.05) is 0 Å². The van der Waals surface area contributed by atoms with Crippen molar-refractivity contribution in [1.29, 1.82) is 0 Å². The van der Waals surface area contributed by atoms with Gasteiger partial charge in [0.15, 0.2) is 0 Å². The lowest BCUT2D eigenvalue weighted by atomic mass is 10.1. The normalized spacial score (nSPS) is 10.5. The number of hydrogen-bond donors (Lipinski definition) is 0. The van der Waals surface area contributed by atoms with Crippen LogP contribution in [0.1, 0.15) is 24.6 Å². The van der Waals surface area contributed by atoms with Crippen molar-refractivity contribution in [1.82, 2.24) is 4.98 Å². The van der Waals surface area contributed by atoms with Crippen molar-refractivity contribution in [2.24, 2.45) is 0 Å². The molecule has 0 aliphatic carbocycles. The molecule has 0 saturated heterocycles. The number of rotatable bonds is 4. The molecule has 0 bridgehead atoms. The molecular weight excluding hydrogens is 202 g/mol. The minimum Gasteiger partial charge on any atom is -0.265 e. The summed E-state index contributed by atoms with van der Waals surface area (Å²) in [6, 6.07) is 6.42. The van der Waals surface area contributed by atoms with Gasteiger partial charge in [-0.05, 0) is 47.5 Å². The van der Waals surface area contributed by atoms with Crippen molar-refractivity contribution in [3.05, 3.63) is 40.8 Å². The van der Waals surface area contributed by atoms with Gasteiger partial charge in [0.2, 0.25) is 0 Å². The van der Waals surface area contributed by atoms with Crippen LogP contribution in [0.15, 0.2) is 36.0 Å². The molecule has 15 heavy (non-hydrogen) atoms. The first kappa shape index (κ1) is 10.4. The maximum Gasteiger partial charge on any atom is 0.0273 e. The summed E-state index contributed by atoms with van der Waals surface area (Å²) in [5.74, 6) is 0. The molecule has 0 aliphatic heterocycles. The van der Waals surface area contributed by atoms with Gasteiger partial charge in [0.05, 0.1) is 0 Å². The van der Waals surface area contributed by atoms with Crippen LogP contribution in [-0.2, 0) is 6.42 Å². The summed E-state index contributed by atoms with van der Waals surface area (Å²) in [5.41, 5.74) is 2.59. The van der Waals surface area contributed by atoms with Crippen LogP contribution in [-0.4, -0.2) is 4.98 Å². The Balaban J connectivity index is 2.14. The Kier molecular flexibility index (Phi) is 3.51. The lowest BCUT2D eigenvalue weighted by Crippen LogP contribution is -1.78. The third-order valence-corrected chi connectivity index (χ3v) is 3.44. The number of unbranched alkanes of at least 4 members (excludes halogenated alkanes) is 1. The molecule has 0 fully saturated rings. The molecule has 2 aromatic rings. The van der Waals surface area contributed by atoms with Gasteiger partial charge in [-0.1, -0.05) is 13.3 Å². The Morgan fingerprint density at radius 1 is 1.20 bits per heavy atom. The second-order valence-corrected chi connectivity index (χ2v) is 4.64. The molecule has 2 heteroatoms. The summed E-state index contributed by atoms with van der Waals surface area (Å²) in [7, 11) is 0. The van der Waals surface area contributed by atoms with E-state index < -0.39 is 0 Å². The van der Waals surface area contributed by atoms with Crippen LogP contribution in [0, 0.1) is 0 Å². The van der Waals surface area contributed by atoms with Gasteiger partial charge >= 0.3 is 0 Å². The number of pyridine rings is 1. The lowest BCUT2D eigenvalue weighted by molar-refractivity contribution is 0.804. The minimum atomic E-state index is 1.21. The summed E-state index contributed by atoms with van der Waals surface area (Å²) in [6.07, 6.45) is 7.46. The molecule has 2 rings (SSSR count). The molecule has 2 heterocycles. The third-order valence-electron chi connectivity index (χ3n) is 2.44. The van der Waals surface area contributed by atoms with E-state index in [0.717, 1.165) is 0 Å². The predicted octanol–water partition coefficient (Wildman–Crippen LogP) is 4.15. The Morgan fingerprint density at radius 3 is 2.73 bits per heavy atom. The Bertz CT molecular complexity index is 405. The maximum atomic E-state index is 4.03. The van der Waals surface area contributed by atoms with Crippen molar-refractivity contribution in [3.63, 3.8) is 0 Å². The lowest BCUT2D eigenvalue weighted by Gasteiger charge is -1.95. The molecule has 0 unspecified atom stereocenters. The third kappa shape index (κ3) is 2.66. The summed E-state index contributed by atoms with van der Waals surface area (Å²) < 4.78 is 0. The van der Waals surface area contributed by atoms with E-state index in [1.807, 2.05) is 23.7 Å². The van der Waals surface area contributed by atoms with Gasteiger partial charge in [-0.3, -0.25) is 4.98 Å². The first-order valence-electron chi connectivity index (χ1n) is 5.38. The highest BCUT2D eigenvalue weighted by molar-refractivity contribution is 7.10. The molecule has 78 valence electrons. The minimum absolute atomic E-state index is 1.21. The highest BCUT2D eigenvalue weighted by atomic mass is 32.1. The van der Waals surface area contributed by atoms with E-state index >= 15 is 0 Å². The summed E-state index contributed by atoms with van der Waals surface area (Å²) in [6.45, 7) is 2.23. The first-order valence-corrected chi connectivity index (χ1v) is 6.26. The van der Waals surface area contributed by atoms with Crippen LogP contribution in [0.3, 0.4) is 0 Å². The van der Waals surface area contributed by atoms with E-state index in [-0.39, 0.29) is 0 Å². The number of hydrogen-bond acceptors (Lipinski definition) is 2. The van der Waals surface area contributed by atoms with Crippen LogP contribution >= 0.6 is 11.3 Å². The van der Waals surface area contributed by atoms with Gasteiger partial charge in [0, 0.05) is 17.3 Å². The topological polar surface area (TPSA) is 12.9 Å². The van der Waals surface area contributed by atoms with Gasteiger partial charge in [-0.2, -0.15) is 0 Å². The van der Waals surface area contributed by atoms with Crippen LogP contribution in [0.2, 0.25) is 0 Å². The SMILES string of the molecule is CCCCc1cc(-c2ccncc2)cs1. The molecule has 0 aromatic carbocycles. The van der Waals surface area contributed by atoms with Crippen molar-refractivity contribution < 1.29 is 0 Å². The molecule has 0 spiro atoms. The summed E-state index contributed by atoms with van der Waals surface area (Å²) >= 11 is 1.86. The van der Waals surface area contributed by atoms with Crippen molar-refractivity contribution in [3.8, 4) is 11.1 Å². The number of nitrogens with zero attached hydrogens (tertiary/aromatic N) is 1. The molecule has 0 aliphatic rings. The highest BCUT2D eigenvalue weighted by Crippen LogP contribution is 2.25. The van der Waals surface area contributed by atoms with Crippen LogP contribution in [0.4, 0.5) is 0 Å². The summed E-state index contributed by atoms with van der Waals surface area (Å²) in [4.78, 5) is 5.52. The average molecular weight is 217 g/mol. The van der Waals surface area contributed by atoms with Gasteiger partial charge < -0.3 is 0 Å². The van der Waals surface area contributed by atoms with E-state index in [1.165, 1.54) is 35.3 Å². The van der Waals surface area contributed by atoms with Gasteiger partial charge in [0.25, 0.3) is 0 Å². The highest BCUT2D eigenvalue weighted by Gasteiger charge is 2.01. The monoisotopic (exact) mass is 217 g/mol. The molecule has 0 radical (unpaired) electrons. The van der Waals surface area contributed by atoms with Gasteiger partial charge in [-0.25, -0.2) is 0 Å². The zero-order valence-electron chi connectivity index (χ0n) is 8.94. The second kappa shape index (κ2) is 5.08. The molecule has 0 saturated carbocycles. The fraction of sp³-hybridized carbons (Fsp3) is 0.308. The van der Waals surface area contributed by atoms with Crippen molar-refractivity contribution in [2.45, 2.75) is 26.2 Å². The first-order chi connectivity index (χ1) is 7.40. The average Bonchev–Trinajstić information content (AvgIpc) is 2.76. The maximum absolute atomic E-state index is 4.03. The molecule has 1 nitrogen and oxygen atoms in total. The molecular formula is C13H15NS. The van der Waals surface area contributed by atoms with Crippen LogP contribution in [0.5, 0.6) is 0 Å². The fourth-order valence-electron chi connectivity index (χ4n) is 1.56. The number of thiophene rings is 1. The number of aryl methyl sites for hydroxylation is 1. The largest absolute Gasteiger partial charge is 0.265 e. The van der Waals surface area contributed by atoms with E-state index in [1.54, 1.807) is 0 Å². The second-order valence-electron chi connectivity index (χ2n) is 3.64. The van der Waals surface area contributed by atoms with E-state index in [0.29, 0.717) is 0 Å². The molecule has 0 atom stereocenters. The molecule has 2 aromatic heterocycles. The fourth-order valence-corrected chi connectivity index (χ4v) is 2.50. The Morgan fingerprint density at radius 2 is 2.00 bits per heavy atom. The predicted molar refractivity (Wildman–Crippen MR) is 66.2 cm³/mol. The number of aromatic nitrogens is 1. The Hall–Kier alpha value is -1.15. The van der Waals surface area contributed by atoms with Crippen LogP contribution in [0.25, 0.3) is 11.1 Å². The Labute approximate surface area is 94.8 Å². The molecule has 0 N–H and O–H groups in total. The smallest absolute Gasteiger partial charge is 0.0273 e. The van der Waals surface area contributed by atoms with E-state index in [4.69, 9.17) is 0 Å². The zero-order chi connectivity index (χ0) is 10.5. The van der Waals surface area contributed by atoms with E-state index in [2.05, 4.69) is 35.5 Å². The van der Waals surface area contributed by atoms with Gasteiger partial charge in [0.1, 0.15) is 0 Å². The standard InChI is InChI=1S/C13H15NS/c1-2-3-4-13-9-12(10-15-13)11-5-7-14-8-6-11/h5-10H,2-4H2,1H3. The quantitative estimate of drug-likeness (QED) is 0.749. The van der Waals surface area contributed by atoms with E-state index in [9.17, 15) is 0 Å². The summed E-state index contributed by atoms with van der Waals surface area (Å²) in [5, 5.41) is 2.24. The zero-order valence-corrected chi connectivity index (χ0v) is 9.76. The van der Waals surface area contributed by atoms with Crippen molar-refractivity contribution >= 4 is 11.3 Å². The van der Waals surface area contributed by atoms with Gasteiger partial charge in [-0.15, -0.1) is 11.3 Å². The van der Waals surface area contributed by atoms with Crippen LogP contribution < -0.4 is 0 Å². The molecule has 0 amide bonds.